The van der Waals surface area contributed by atoms with E-state index in [2.05, 4.69) is 4.99 Å². The lowest BCUT2D eigenvalue weighted by molar-refractivity contribution is -0.139. The van der Waals surface area contributed by atoms with Gasteiger partial charge in [-0.15, -0.1) is 0 Å². The maximum atomic E-state index is 10.2. The fourth-order valence-electron chi connectivity index (χ4n) is 1.42. The van der Waals surface area contributed by atoms with Crippen LogP contribution in [0.5, 0.6) is 0 Å². The molecule has 0 radical (unpaired) electrons. The number of carboxylic acid groups (broad SMARTS) is 2. The molecule has 0 amide bonds. The third-order valence-corrected chi connectivity index (χ3v) is 2.78. The van der Waals surface area contributed by atoms with Crippen molar-refractivity contribution in [3.8, 4) is 0 Å². The summed E-state index contributed by atoms with van der Waals surface area (Å²) in [6.45, 7) is 0.589. The molecule has 0 spiro atoms. The van der Waals surface area contributed by atoms with Crippen LogP contribution in [-0.2, 0) is 9.59 Å². The molecule has 0 rings (SSSR count). The molecule has 10 nitrogen and oxygen atoms in total. The summed E-state index contributed by atoms with van der Waals surface area (Å²) in [5, 5.41) is 25.1. The molecule has 0 saturated heterocycles. The highest BCUT2D eigenvalue weighted by molar-refractivity contribution is 5.75. The number of hydrogen-bond acceptors (Lipinski definition) is 6. The van der Waals surface area contributed by atoms with Crippen molar-refractivity contribution < 1.29 is 24.9 Å². The van der Waals surface area contributed by atoms with Crippen LogP contribution in [-0.4, -0.2) is 58.5 Å². The van der Waals surface area contributed by atoms with Crippen LogP contribution in [0.2, 0.25) is 0 Å². The van der Waals surface area contributed by atoms with Gasteiger partial charge in [0.2, 0.25) is 0 Å². The SMILES string of the molecule is NC(CCCCCO)C(=O)O.NC(N)=NCCC[C@@H](N)C(=O)O. The lowest BCUT2D eigenvalue weighted by atomic mass is 10.1. The highest BCUT2D eigenvalue weighted by Gasteiger charge is 2.10. The van der Waals surface area contributed by atoms with Gasteiger partial charge in [0.05, 0.1) is 0 Å². The number of aliphatic hydroxyl groups is 1. The van der Waals surface area contributed by atoms with E-state index in [1.807, 2.05) is 0 Å². The fraction of sp³-hybridized carbons (Fsp3) is 0.769. The third-order valence-electron chi connectivity index (χ3n) is 2.78. The molecule has 0 bridgehead atoms. The summed E-state index contributed by atoms with van der Waals surface area (Å²) in [6.07, 6.45) is 3.80. The van der Waals surface area contributed by atoms with E-state index < -0.39 is 24.0 Å². The zero-order valence-electron chi connectivity index (χ0n) is 13.2. The average Bonchev–Trinajstić information content (AvgIpc) is 2.47. The van der Waals surface area contributed by atoms with Crippen LogP contribution in [0, 0.1) is 0 Å². The molecule has 0 aliphatic rings. The zero-order chi connectivity index (χ0) is 18.3. The van der Waals surface area contributed by atoms with Crippen molar-refractivity contribution in [2.24, 2.45) is 27.9 Å². The minimum Gasteiger partial charge on any atom is -0.480 e. The number of guanidine groups is 1. The van der Waals surface area contributed by atoms with E-state index in [9.17, 15) is 9.59 Å². The van der Waals surface area contributed by atoms with Gasteiger partial charge in [-0.05, 0) is 25.7 Å². The van der Waals surface area contributed by atoms with Gasteiger partial charge in [-0.1, -0.05) is 12.8 Å². The number of hydrogen-bond donors (Lipinski definition) is 7. The number of carbonyl (C=O) groups is 2. The largest absolute Gasteiger partial charge is 0.480 e. The van der Waals surface area contributed by atoms with E-state index in [0.717, 1.165) is 19.3 Å². The van der Waals surface area contributed by atoms with Crippen LogP contribution in [0.15, 0.2) is 4.99 Å². The minimum atomic E-state index is -1.00. The van der Waals surface area contributed by atoms with Gasteiger partial charge in [-0.3, -0.25) is 14.6 Å². The van der Waals surface area contributed by atoms with Crippen molar-refractivity contribution in [2.45, 2.75) is 50.6 Å². The van der Waals surface area contributed by atoms with Gasteiger partial charge in [0.1, 0.15) is 12.1 Å². The summed E-state index contributed by atoms with van der Waals surface area (Å²) in [4.78, 5) is 24.1. The predicted molar refractivity (Wildman–Crippen MR) is 86.7 cm³/mol. The summed E-state index contributed by atoms with van der Waals surface area (Å²) in [5.41, 5.74) is 20.6. The molecular formula is C13H29N5O5. The Morgan fingerprint density at radius 2 is 1.35 bits per heavy atom. The molecule has 0 aliphatic heterocycles. The fourth-order valence-corrected chi connectivity index (χ4v) is 1.42. The highest BCUT2D eigenvalue weighted by atomic mass is 16.4. The summed E-state index contributed by atoms with van der Waals surface area (Å²) in [7, 11) is 0. The Labute approximate surface area is 135 Å². The van der Waals surface area contributed by atoms with Crippen LogP contribution in [0.4, 0.5) is 0 Å². The van der Waals surface area contributed by atoms with Gasteiger partial charge in [-0.25, -0.2) is 0 Å². The molecule has 0 aliphatic carbocycles. The highest BCUT2D eigenvalue weighted by Crippen LogP contribution is 2.01. The molecular weight excluding hydrogens is 306 g/mol. The third kappa shape index (κ3) is 18.0. The minimum absolute atomic E-state index is 0.0129. The van der Waals surface area contributed by atoms with Gasteiger partial charge in [-0.2, -0.15) is 0 Å². The second-order valence-electron chi connectivity index (χ2n) is 4.91. The van der Waals surface area contributed by atoms with Gasteiger partial charge < -0.3 is 38.3 Å². The van der Waals surface area contributed by atoms with Crippen molar-refractivity contribution in [1.82, 2.24) is 0 Å². The quantitative estimate of drug-likeness (QED) is 0.131. The van der Waals surface area contributed by atoms with Crippen molar-refractivity contribution in [2.75, 3.05) is 13.2 Å². The van der Waals surface area contributed by atoms with Gasteiger partial charge in [0.25, 0.3) is 0 Å². The molecule has 0 aromatic heterocycles. The lowest BCUT2D eigenvalue weighted by Crippen LogP contribution is -2.30. The maximum absolute atomic E-state index is 10.2. The van der Waals surface area contributed by atoms with E-state index in [1.165, 1.54) is 0 Å². The summed E-state index contributed by atoms with van der Waals surface area (Å²) in [5.74, 6) is -1.94. The smallest absolute Gasteiger partial charge is 0.320 e. The summed E-state index contributed by atoms with van der Waals surface area (Å²) < 4.78 is 0. The van der Waals surface area contributed by atoms with E-state index >= 15 is 0 Å². The molecule has 10 heteroatoms. The monoisotopic (exact) mass is 335 g/mol. The van der Waals surface area contributed by atoms with Crippen LogP contribution in [0.1, 0.15) is 38.5 Å². The van der Waals surface area contributed by atoms with Gasteiger partial charge in [0, 0.05) is 13.2 Å². The summed E-state index contributed by atoms with van der Waals surface area (Å²) in [6, 6.07) is -1.56. The van der Waals surface area contributed by atoms with Crippen molar-refractivity contribution in [1.29, 1.82) is 0 Å². The molecule has 0 aromatic rings. The van der Waals surface area contributed by atoms with Gasteiger partial charge in [0.15, 0.2) is 5.96 Å². The first kappa shape index (κ1) is 23.4. The van der Waals surface area contributed by atoms with Crippen LogP contribution >= 0.6 is 0 Å². The topological polar surface area (TPSA) is 211 Å². The Hall–Kier alpha value is -1.91. The second kappa shape index (κ2) is 15.0. The maximum Gasteiger partial charge on any atom is 0.320 e. The van der Waals surface area contributed by atoms with Crippen molar-refractivity contribution >= 4 is 17.9 Å². The predicted octanol–water partition coefficient (Wildman–Crippen LogP) is -1.60. The number of rotatable bonds is 11. The summed E-state index contributed by atoms with van der Waals surface area (Å²) >= 11 is 0. The molecule has 136 valence electrons. The zero-order valence-corrected chi connectivity index (χ0v) is 13.2. The average molecular weight is 335 g/mol. The van der Waals surface area contributed by atoms with Crippen molar-refractivity contribution in [3.63, 3.8) is 0 Å². The molecule has 11 N–H and O–H groups in total. The lowest BCUT2D eigenvalue weighted by Gasteiger charge is -2.04. The molecule has 0 fully saturated rings. The number of carboxylic acids is 2. The van der Waals surface area contributed by atoms with Crippen LogP contribution in [0.3, 0.4) is 0 Å². The Morgan fingerprint density at radius 3 is 1.74 bits per heavy atom. The second-order valence-corrected chi connectivity index (χ2v) is 4.91. The number of unbranched alkanes of at least 4 members (excludes halogenated alkanes) is 2. The molecule has 2 atom stereocenters. The van der Waals surface area contributed by atoms with E-state index in [4.69, 9.17) is 38.3 Å². The molecule has 23 heavy (non-hydrogen) atoms. The number of nitrogens with zero attached hydrogens (tertiary/aromatic N) is 1. The molecule has 0 saturated carbocycles. The molecule has 0 aromatic carbocycles. The Kier molecular flexibility index (Phi) is 15.2. The first-order chi connectivity index (χ1) is 10.7. The van der Waals surface area contributed by atoms with Crippen LogP contribution in [0.25, 0.3) is 0 Å². The molecule has 1 unspecified atom stereocenters. The Morgan fingerprint density at radius 1 is 0.870 bits per heavy atom. The van der Waals surface area contributed by atoms with Crippen LogP contribution < -0.4 is 22.9 Å². The Bertz CT molecular complexity index is 361. The van der Waals surface area contributed by atoms with E-state index in [-0.39, 0.29) is 12.6 Å². The Balaban J connectivity index is 0. The van der Waals surface area contributed by atoms with E-state index in [0.29, 0.717) is 25.8 Å². The number of nitrogens with two attached hydrogens (primary N) is 4. The standard InChI is InChI=1S/C7H15NO3.C6H14N4O2/c8-6(7(10)11)4-2-1-3-5-9;7-4(5(11)12)2-1-3-10-6(8)9/h6,9H,1-5,8H2,(H,10,11);4H,1-3,7H2,(H,11,12)(H4,8,9,10)/t;4-/m.1/s1. The first-order valence-corrected chi connectivity index (χ1v) is 7.35. The molecule has 0 heterocycles. The number of aliphatic imine (C=N–C) groups is 1. The number of aliphatic hydroxyl groups excluding tert-OH is 1. The normalized spacial score (nSPS) is 12.5. The first-order valence-electron chi connectivity index (χ1n) is 7.35. The van der Waals surface area contributed by atoms with E-state index in [1.54, 1.807) is 0 Å². The number of aliphatic carboxylic acids is 2. The van der Waals surface area contributed by atoms with Gasteiger partial charge >= 0.3 is 11.9 Å². The van der Waals surface area contributed by atoms with Crippen molar-refractivity contribution in [3.05, 3.63) is 0 Å².